The fourth-order valence-electron chi connectivity index (χ4n) is 2.26. The van der Waals surface area contributed by atoms with E-state index >= 15 is 0 Å². The van der Waals surface area contributed by atoms with Crippen LogP contribution in [-0.4, -0.2) is 6.04 Å². The van der Waals surface area contributed by atoms with Gasteiger partial charge < -0.3 is 10.6 Å². The fourth-order valence-corrected chi connectivity index (χ4v) is 2.26. The summed E-state index contributed by atoms with van der Waals surface area (Å²) in [5.41, 5.74) is 1.97. The third-order valence-corrected chi connectivity index (χ3v) is 3.25. The lowest BCUT2D eigenvalue weighted by molar-refractivity contribution is 0.756. The van der Waals surface area contributed by atoms with Crippen LogP contribution in [0.4, 0.5) is 11.4 Å². The van der Waals surface area contributed by atoms with E-state index in [1.165, 1.54) is 31.9 Å². The molecule has 0 aromatic heterocycles. The van der Waals surface area contributed by atoms with Crippen molar-refractivity contribution in [2.75, 3.05) is 10.6 Å². The number of para-hydroxylation sites is 2. The van der Waals surface area contributed by atoms with Gasteiger partial charge in [-0.15, -0.1) is 0 Å². The summed E-state index contributed by atoms with van der Waals surface area (Å²) in [5.74, 6) is 0. The summed E-state index contributed by atoms with van der Waals surface area (Å²) in [6, 6.07) is 12.0. The smallest absolute Gasteiger partial charge is 0.145 e. The molecule has 96 valence electrons. The molecule has 1 fully saturated rings. The van der Waals surface area contributed by atoms with Gasteiger partial charge in [0.1, 0.15) is 17.7 Å². The van der Waals surface area contributed by atoms with E-state index in [4.69, 9.17) is 10.5 Å². The van der Waals surface area contributed by atoms with Gasteiger partial charge in [0.2, 0.25) is 0 Å². The lowest BCUT2D eigenvalue weighted by atomic mass is 10.2. The average Bonchev–Trinajstić information content (AvgIpc) is 2.94. The summed E-state index contributed by atoms with van der Waals surface area (Å²) in [7, 11) is 0. The zero-order valence-corrected chi connectivity index (χ0v) is 10.7. The molecule has 0 unspecified atom stereocenters. The highest BCUT2D eigenvalue weighted by molar-refractivity contribution is 5.70. The highest BCUT2D eigenvalue weighted by Crippen LogP contribution is 2.27. The van der Waals surface area contributed by atoms with E-state index in [0.29, 0.717) is 6.04 Å². The first-order chi connectivity index (χ1) is 9.33. The van der Waals surface area contributed by atoms with Gasteiger partial charge in [-0.1, -0.05) is 25.0 Å². The van der Waals surface area contributed by atoms with Crippen molar-refractivity contribution in [2.24, 2.45) is 0 Å². The molecule has 19 heavy (non-hydrogen) atoms. The molecule has 1 aliphatic rings. The summed E-state index contributed by atoms with van der Waals surface area (Å²) < 4.78 is 0. The molecule has 1 aromatic rings. The van der Waals surface area contributed by atoms with Gasteiger partial charge in [-0.3, -0.25) is 0 Å². The van der Waals surface area contributed by atoms with Gasteiger partial charge in [-0.05, 0) is 25.0 Å². The maximum absolute atomic E-state index is 8.71. The van der Waals surface area contributed by atoms with Crippen LogP contribution in [0.5, 0.6) is 0 Å². The average molecular weight is 252 g/mol. The molecule has 0 bridgehead atoms. The summed E-state index contributed by atoms with van der Waals surface area (Å²) in [6.45, 7) is 0. The zero-order valence-electron chi connectivity index (χ0n) is 10.7. The second-order valence-electron chi connectivity index (χ2n) is 4.60. The topological polar surface area (TPSA) is 71.6 Å². The third kappa shape index (κ3) is 3.50. The van der Waals surface area contributed by atoms with Crippen molar-refractivity contribution in [2.45, 2.75) is 31.7 Å². The maximum Gasteiger partial charge on any atom is 0.145 e. The SMILES string of the molecule is N#CC(C#N)=CNc1ccccc1NC1CCCC1. The number of rotatable bonds is 4. The first kappa shape index (κ1) is 13.0. The second-order valence-corrected chi connectivity index (χ2v) is 4.60. The Bertz CT molecular complexity index is 526. The second kappa shape index (κ2) is 6.47. The highest BCUT2D eigenvalue weighted by Gasteiger charge is 2.15. The van der Waals surface area contributed by atoms with Crippen molar-refractivity contribution in [1.82, 2.24) is 0 Å². The standard InChI is InChI=1S/C15H16N4/c16-9-12(10-17)11-18-14-7-3-4-8-15(14)19-13-5-1-2-6-13/h3-4,7-8,11,13,18-19H,1-2,5-6H2. The summed E-state index contributed by atoms with van der Waals surface area (Å²) in [6.07, 6.45) is 6.40. The molecule has 1 saturated carbocycles. The van der Waals surface area contributed by atoms with E-state index in [0.717, 1.165) is 11.4 Å². The number of anilines is 2. The molecule has 4 nitrogen and oxygen atoms in total. The molecule has 0 spiro atoms. The molecule has 2 N–H and O–H groups in total. The predicted octanol–water partition coefficient (Wildman–Crippen LogP) is 3.38. The Balaban J connectivity index is 2.10. The lowest BCUT2D eigenvalue weighted by Gasteiger charge is -2.16. The Labute approximate surface area is 113 Å². The minimum atomic E-state index is 0.0654. The molecule has 1 aromatic carbocycles. The molecular formula is C15H16N4. The first-order valence-electron chi connectivity index (χ1n) is 6.46. The van der Waals surface area contributed by atoms with Crippen molar-refractivity contribution >= 4 is 11.4 Å². The van der Waals surface area contributed by atoms with Gasteiger partial charge in [0, 0.05) is 12.2 Å². The molecule has 0 atom stereocenters. The van der Waals surface area contributed by atoms with Crippen molar-refractivity contribution in [1.29, 1.82) is 10.5 Å². The Kier molecular flexibility index (Phi) is 4.42. The molecule has 0 heterocycles. The van der Waals surface area contributed by atoms with Crippen molar-refractivity contribution in [3.63, 3.8) is 0 Å². The van der Waals surface area contributed by atoms with Gasteiger partial charge >= 0.3 is 0 Å². The summed E-state index contributed by atoms with van der Waals surface area (Å²) >= 11 is 0. The normalized spacial score (nSPS) is 14.2. The Hall–Kier alpha value is -2.46. The third-order valence-electron chi connectivity index (χ3n) is 3.25. The molecule has 0 radical (unpaired) electrons. The fraction of sp³-hybridized carbons (Fsp3) is 0.333. The van der Waals surface area contributed by atoms with E-state index in [1.807, 2.05) is 36.4 Å². The van der Waals surface area contributed by atoms with Gasteiger partial charge in [0.25, 0.3) is 0 Å². The molecule has 0 amide bonds. The van der Waals surface area contributed by atoms with Crippen LogP contribution in [0.25, 0.3) is 0 Å². The first-order valence-corrected chi connectivity index (χ1v) is 6.46. The van der Waals surface area contributed by atoms with Crippen LogP contribution in [0.15, 0.2) is 36.0 Å². The number of benzene rings is 1. The van der Waals surface area contributed by atoms with Crippen molar-refractivity contribution < 1.29 is 0 Å². The molecule has 1 aliphatic carbocycles. The Morgan fingerprint density at radius 3 is 2.37 bits per heavy atom. The molecule has 0 saturated heterocycles. The van der Waals surface area contributed by atoms with Gasteiger partial charge in [-0.2, -0.15) is 10.5 Å². The summed E-state index contributed by atoms with van der Waals surface area (Å²) in [4.78, 5) is 0. The minimum Gasteiger partial charge on any atom is -0.381 e. The van der Waals surface area contributed by atoms with E-state index in [2.05, 4.69) is 10.6 Å². The van der Waals surface area contributed by atoms with Crippen LogP contribution < -0.4 is 10.6 Å². The van der Waals surface area contributed by atoms with Crippen LogP contribution in [0, 0.1) is 22.7 Å². The molecule has 4 heteroatoms. The van der Waals surface area contributed by atoms with Gasteiger partial charge in [-0.25, -0.2) is 0 Å². The van der Waals surface area contributed by atoms with E-state index in [-0.39, 0.29) is 5.57 Å². The van der Waals surface area contributed by atoms with Crippen molar-refractivity contribution in [3.05, 3.63) is 36.0 Å². The number of hydrogen-bond donors (Lipinski definition) is 2. The quantitative estimate of drug-likeness (QED) is 0.806. The highest BCUT2D eigenvalue weighted by atomic mass is 15.0. The number of allylic oxidation sites excluding steroid dienone is 1. The molecule has 0 aliphatic heterocycles. The van der Waals surface area contributed by atoms with Crippen LogP contribution in [0.1, 0.15) is 25.7 Å². The monoisotopic (exact) mass is 252 g/mol. The van der Waals surface area contributed by atoms with Crippen LogP contribution >= 0.6 is 0 Å². The minimum absolute atomic E-state index is 0.0654. The number of nitrogens with one attached hydrogen (secondary N) is 2. The molecule has 2 rings (SSSR count). The number of nitrogens with zero attached hydrogens (tertiary/aromatic N) is 2. The Morgan fingerprint density at radius 1 is 1.11 bits per heavy atom. The summed E-state index contributed by atoms with van der Waals surface area (Å²) in [5, 5.41) is 23.9. The van der Waals surface area contributed by atoms with E-state index in [1.54, 1.807) is 0 Å². The largest absolute Gasteiger partial charge is 0.381 e. The molecular weight excluding hydrogens is 236 g/mol. The predicted molar refractivity (Wildman–Crippen MR) is 75.3 cm³/mol. The zero-order chi connectivity index (χ0) is 13.5. The Morgan fingerprint density at radius 2 is 1.74 bits per heavy atom. The van der Waals surface area contributed by atoms with E-state index in [9.17, 15) is 0 Å². The lowest BCUT2D eigenvalue weighted by Crippen LogP contribution is -2.15. The number of nitriles is 2. The van der Waals surface area contributed by atoms with Gasteiger partial charge in [0.15, 0.2) is 0 Å². The van der Waals surface area contributed by atoms with Gasteiger partial charge in [0.05, 0.1) is 11.4 Å². The van der Waals surface area contributed by atoms with E-state index < -0.39 is 0 Å². The van der Waals surface area contributed by atoms with Crippen LogP contribution in [-0.2, 0) is 0 Å². The number of hydrogen-bond acceptors (Lipinski definition) is 4. The van der Waals surface area contributed by atoms with Crippen LogP contribution in [0.2, 0.25) is 0 Å². The maximum atomic E-state index is 8.71. The van der Waals surface area contributed by atoms with Crippen LogP contribution in [0.3, 0.4) is 0 Å². The van der Waals surface area contributed by atoms with Crippen molar-refractivity contribution in [3.8, 4) is 12.1 Å².